The minimum atomic E-state index is 0.0403. The van der Waals surface area contributed by atoms with Crippen molar-refractivity contribution in [2.75, 3.05) is 7.11 Å². The van der Waals surface area contributed by atoms with E-state index in [1.54, 1.807) is 25.1 Å². The third-order valence-corrected chi connectivity index (χ3v) is 6.76. The number of amides is 1. The van der Waals surface area contributed by atoms with Crippen molar-refractivity contribution < 1.29 is 9.53 Å². The maximum Gasteiger partial charge on any atom is 0.261 e. The number of carbonyl (C=O) groups excluding carboxylic acids is 1. The van der Waals surface area contributed by atoms with Crippen LogP contribution < -0.4 is 15.4 Å². The minimum absolute atomic E-state index is 0.0403. The average molecular weight is 361 g/mol. The number of pyridine rings is 1. The van der Waals surface area contributed by atoms with E-state index in [4.69, 9.17) is 4.74 Å². The molecule has 2 aromatic heterocycles. The van der Waals surface area contributed by atoms with E-state index >= 15 is 0 Å². The number of rotatable bonds is 5. The molecule has 7 heteroatoms. The van der Waals surface area contributed by atoms with Gasteiger partial charge in [0, 0.05) is 35.3 Å². The first-order valence-electron chi connectivity index (χ1n) is 8.06. The normalized spacial score (nSPS) is 25.0. The van der Waals surface area contributed by atoms with Gasteiger partial charge in [-0.25, -0.2) is 4.98 Å². The largest absolute Gasteiger partial charge is 0.481 e. The third kappa shape index (κ3) is 3.29. The van der Waals surface area contributed by atoms with Crippen LogP contribution in [0, 0.1) is 0 Å². The Labute approximate surface area is 149 Å². The van der Waals surface area contributed by atoms with E-state index in [9.17, 15) is 4.79 Å². The van der Waals surface area contributed by atoms with E-state index < -0.39 is 0 Å². The van der Waals surface area contributed by atoms with Gasteiger partial charge in [-0.15, -0.1) is 11.3 Å². The molecule has 2 fully saturated rings. The summed E-state index contributed by atoms with van der Waals surface area (Å²) in [4.78, 5) is 18.4. The van der Waals surface area contributed by atoms with Crippen molar-refractivity contribution in [2.45, 2.75) is 46.5 Å². The summed E-state index contributed by atoms with van der Waals surface area (Å²) in [5.41, 5.74) is 0. The molecule has 24 heavy (non-hydrogen) atoms. The molecule has 0 aromatic carbocycles. The summed E-state index contributed by atoms with van der Waals surface area (Å²) in [6.07, 6.45) is 5.20. The molecule has 2 aliphatic rings. The SMILES string of the molecule is COc1cc(Sc2ccc(C(=O)NC3CC4CCC3N4)s2)ccn1. The predicted octanol–water partition coefficient (Wildman–Crippen LogP) is 2.93. The zero-order valence-electron chi connectivity index (χ0n) is 13.3. The molecule has 3 unspecified atom stereocenters. The van der Waals surface area contributed by atoms with Crippen LogP contribution in [0.15, 0.2) is 39.6 Å². The molecule has 0 radical (unpaired) electrons. The number of hydrogen-bond donors (Lipinski definition) is 2. The molecule has 4 rings (SSSR count). The Kier molecular flexibility index (Phi) is 4.47. The molecule has 1 amide bonds. The molecule has 0 saturated carbocycles. The topological polar surface area (TPSA) is 63.2 Å². The number of ether oxygens (including phenoxy) is 1. The van der Waals surface area contributed by atoms with Crippen LogP contribution in [0.1, 0.15) is 28.9 Å². The third-order valence-electron chi connectivity index (χ3n) is 4.56. The van der Waals surface area contributed by atoms with E-state index in [-0.39, 0.29) is 11.9 Å². The Bertz CT molecular complexity index is 749. The molecular formula is C17H19N3O2S2. The number of aromatic nitrogens is 1. The van der Waals surface area contributed by atoms with Crippen molar-refractivity contribution in [3.05, 3.63) is 35.3 Å². The van der Waals surface area contributed by atoms with E-state index in [0.29, 0.717) is 18.0 Å². The quantitative estimate of drug-likeness (QED) is 0.857. The Morgan fingerprint density at radius 1 is 1.42 bits per heavy atom. The molecular weight excluding hydrogens is 342 g/mol. The number of hydrogen-bond acceptors (Lipinski definition) is 6. The molecule has 4 heterocycles. The van der Waals surface area contributed by atoms with Gasteiger partial charge in [-0.05, 0) is 37.5 Å². The highest BCUT2D eigenvalue weighted by atomic mass is 32.2. The number of fused-ring (bicyclic) bond motifs is 2. The van der Waals surface area contributed by atoms with Crippen LogP contribution in [-0.4, -0.2) is 36.1 Å². The van der Waals surface area contributed by atoms with Gasteiger partial charge in [0.25, 0.3) is 5.91 Å². The number of nitrogens with zero attached hydrogens (tertiary/aromatic N) is 1. The smallest absolute Gasteiger partial charge is 0.261 e. The molecule has 2 aliphatic heterocycles. The fourth-order valence-electron chi connectivity index (χ4n) is 3.40. The van der Waals surface area contributed by atoms with Crippen molar-refractivity contribution in [3.63, 3.8) is 0 Å². The molecule has 0 spiro atoms. The fourth-order valence-corrected chi connectivity index (χ4v) is 5.43. The van der Waals surface area contributed by atoms with Crippen molar-refractivity contribution in [1.29, 1.82) is 0 Å². The molecule has 2 N–H and O–H groups in total. The summed E-state index contributed by atoms with van der Waals surface area (Å²) >= 11 is 3.14. The summed E-state index contributed by atoms with van der Waals surface area (Å²) in [7, 11) is 1.61. The van der Waals surface area contributed by atoms with E-state index in [0.717, 1.165) is 20.4 Å². The monoisotopic (exact) mass is 361 g/mol. The molecule has 0 aliphatic carbocycles. The molecule has 126 valence electrons. The second-order valence-corrected chi connectivity index (χ2v) is 8.58. The zero-order chi connectivity index (χ0) is 16.5. The van der Waals surface area contributed by atoms with E-state index in [2.05, 4.69) is 15.6 Å². The first kappa shape index (κ1) is 15.9. The summed E-state index contributed by atoms with van der Waals surface area (Å²) < 4.78 is 6.23. The van der Waals surface area contributed by atoms with Crippen molar-refractivity contribution in [3.8, 4) is 5.88 Å². The molecule has 2 aromatic rings. The lowest BCUT2D eigenvalue weighted by molar-refractivity contribution is 0.0935. The summed E-state index contributed by atoms with van der Waals surface area (Å²) in [6.45, 7) is 0. The maximum atomic E-state index is 12.5. The minimum Gasteiger partial charge on any atom is -0.481 e. The molecule has 2 saturated heterocycles. The lowest BCUT2D eigenvalue weighted by Crippen LogP contribution is -2.42. The van der Waals surface area contributed by atoms with Gasteiger partial charge in [0.15, 0.2) is 0 Å². The first-order chi connectivity index (χ1) is 11.7. The van der Waals surface area contributed by atoms with Gasteiger partial charge in [-0.2, -0.15) is 0 Å². The second-order valence-electron chi connectivity index (χ2n) is 6.12. The van der Waals surface area contributed by atoms with Crippen molar-refractivity contribution >= 4 is 29.0 Å². The Morgan fingerprint density at radius 3 is 3.08 bits per heavy atom. The van der Waals surface area contributed by atoms with Gasteiger partial charge in [0.05, 0.1) is 16.2 Å². The van der Waals surface area contributed by atoms with Gasteiger partial charge in [-0.1, -0.05) is 11.8 Å². The number of methoxy groups -OCH3 is 1. The van der Waals surface area contributed by atoms with Gasteiger partial charge >= 0.3 is 0 Å². The highest BCUT2D eigenvalue weighted by Crippen LogP contribution is 2.35. The fraction of sp³-hybridized carbons (Fsp3) is 0.412. The van der Waals surface area contributed by atoms with Gasteiger partial charge < -0.3 is 15.4 Å². The van der Waals surface area contributed by atoms with Crippen LogP contribution in [0.4, 0.5) is 0 Å². The summed E-state index contributed by atoms with van der Waals surface area (Å²) in [5, 5.41) is 6.74. The molecule has 5 nitrogen and oxygen atoms in total. The average Bonchev–Trinajstić information content (AvgIpc) is 3.31. The molecule has 3 atom stereocenters. The van der Waals surface area contributed by atoms with Crippen LogP contribution >= 0.6 is 23.1 Å². The van der Waals surface area contributed by atoms with Crippen LogP contribution in [0.2, 0.25) is 0 Å². The predicted molar refractivity (Wildman–Crippen MR) is 95.0 cm³/mol. The van der Waals surface area contributed by atoms with Crippen LogP contribution in [-0.2, 0) is 0 Å². The first-order valence-corrected chi connectivity index (χ1v) is 9.69. The highest BCUT2D eigenvalue weighted by molar-refractivity contribution is 8.01. The Balaban J connectivity index is 1.39. The van der Waals surface area contributed by atoms with Crippen LogP contribution in [0.25, 0.3) is 0 Å². The lowest BCUT2D eigenvalue weighted by atomic mass is 9.95. The summed E-state index contributed by atoms with van der Waals surface area (Å²) in [6, 6.07) is 9.06. The van der Waals surface area contributed by atoms with Crippen molar-refractivity contribution in [2.24, 2.45) is 0 Å². The van der Waals surface area contributed by atoms with Gasteiger partial charge in [-0.3, -0.25) is 4.79 Å². The van der Waals surface area contributed by atoms with E-state index in [1.807, 2.05) is 24.3 Å². The number of carbonyl (C=O) groups is 1. The second kappa shape index (κ2) is 6.74. The van der Waals surface area contributed by atoms with Gasteiger partial charge in [0.2, 0.25) is 5.88 Å². The summed E-state index contributed by atoms with van der Waals surface area (Å²) in [5.74, 6) is 0.636. The van der Waals surface area contributed by atoms with Crippen LogP contribution in [0.5, 0.6) is 5.88 Å². The zero-order valence-corrected chi connectivity index (χ0v) is 15.0. The maximum absolute atomic E-state index is 12.5. The van der Waals surface area contributed by atoms with Gasteiger partial charge in [0.1, 0.15) is 0 Å². The Hall–Kier alpha value is -1.57. The number of nitrogens with one attached hydrogen (secondary N) is 2. The standard InChI is InChI=1S/C17H19N3O2S2/c1-22-15-9-11(6-7-18-15)23-16-5-4-14(24-16)17(21)20-13-8-10-2-3-12(13)19-10/h4-7,9-10,12-13,19H,2-3,8H2,1H3,(H,20,21). The van der Waals surface area contributed by atoms with Crippen molar-refractivity contribution in [1.82, 2.24) is 15.6 Å². The van der Waals surface area contributed by atoms with Crippen LogP contribution in [0.3, 0.4) is 0 Å². The number of thiophene rings is 1. The Morgan fingerprint density at radius 2 is 2.33 bits per heavy atom. The van der Waals surface area contributed by atoms with E-state index in [1.165, 1.54) is 24.2 Å². The molecule has 2 bridgehead atoms. The lowest BCUT2D eigenvalue weighted by Gasteiger charge is -2.20. The highest BCUT2D eigenvalue weighted by Gasteiger charge is 2.39.